The van der Waals surface area contributed by atoms with Gasteiger partial charge in [-0.15, -0.1) is 0 Å². The van der Waals surface area contributed by atoms with Crippen LogP contribution in [0.4, 0.5) is 16.2 Å². The maximum Gasteiger partial charge on any atom is 0.414 e. The quantitative estimate of drug-likeness (QED) is 0.610. The van der Waals surface area contributed by atoms with E-state index in [1.54, 1.807) is 23.6 Å². The smallest absolute Gasteiger partial charge is 0.414 e. The summed E-state index contributed by atoms with van der Waals surface area (Å²) in [5.41, 5.74) is 12.0. The number of fused-ring (bicyclic) bond motifs is 1. The van der Waals surface area contributed by atoms with E-state index in [2.05, 4.69) is 10.4 Å². The fourth-order valence-corrected chi connectivity index (χ4v) is 4.61. The van der Waals surface area contributed by atoms with Crippen LogP contribution >= 0.6 is 0 Å². The van der Waals surface area contributed by atoms with Gasteiger partial charge in [-0.1, -0.05) is 6.07 Å². The molecule has 0 aromatic heterocycles. The number of benzene rings is 1. The maximum absolute atomic E-state index is 12.8. The minimum absolute atomic E-state index is 0.0517. The Balaban J connectivity index is 1.83. The Morgan fingerprint density at radius 3 is 2.59 bits per heavy atom. The van der Waals surface area contributed by atoms with E-state index in [4.69, 9.17) is 10.5 Å². The molecule has 1 aromatic carbocycles. The summed E-state index contributed by atoms with van der Waals surface area (Å²) in [7, 11) is 0. The van der Waals surface area contributed by atoms with E-state index < -0.39 is 12.2 Å². The molecule has 2 aliphatic rings. The standard InChI is InChI=1S/C23H37N5O4/c1-14(2)32-23(31)27-11-15(3)28(17(5)30)21-7-6-18(9-22(21)27)19-10-25-26(12-19)13-20(24)8-16(4)29/h6-7,9,14-16,19-20,25,29H,8,10-13,24H2,1-5H3/t15-,16?,19?,20?/m0/s1. The molecule has 9 heteroatoms. The van der Waals surface area contributed by atoms with E-state index in [1.807, 2.05) is 39.0 Å². The summed E-state index contributed by atoms with van der Waals surface area (Å²) in [6.45, 7) is 11.4. The third-order valence-electron chi connectivity index (χ3n) is 5.91. The van der Waals surface area contributed by atoms with E-state index >= 15 is 0 Å². The Morgan fingerprint density at radius 2 is 1.97 bits per heavy atom. The maximum atomic E-state index is 12.8. The molecule has 4 N–H and O–H groups in total. The zero-order valence-electron chi connectivity index (χ0n) is 19.7. The number of hydrogen-bond acceptors (Lipinski definition) is 7. The molecule has 1 aromatic rings. The lowest BCUT2D eigenvalue weighted by molar-refractivity contribution is -0.117. The number of nitrogens with one attached hydrogen (secondary N) is 1. The van der Waals surface area contributed by atoms with Crippen molar-refractivity contribution in [2.24, 2.45) is 5.73 Å². The Morgan fingerprint density at radius 1 is 1.25 bits per heavy atom. The number of aliphatic hydroxyl groups is 1. The SMILES string of the molecule is CC(=O)N1c2ccc(C3CNN(CC(N)CC(C)O)C3)cc2N(C(=O)OC(C)C)C[C@@H]1C. The molecule has 0 aliphatic carbocycles. The second-order valence-electron chi connectivity index (χ2n) is 9.34. The zero-order valence-corrected chi connectivity index (χ0v) is 19.7. The Kier molecular flexibility index (Phi) is 7.76. The van der Waals surface area contributed by atoms with Gasteiger partial charge in [0.25, 0.3) is 0 Å². The molecule has 2 aliphatic heterocycles. The van der Waals surface area contributed by atoms with Gasteiger partial charge < -0.3 is 20.5 Å². The monoisotopic (exact) mass is 447 g/mol. The minimum Gasteiger partial charge on any atom is -0.446 e. The van der Waals surface area contributed by atoms with Crippen molar-refractivity contribution < 1.29 is 19.4 Å². The van der Waals surface area contributed by atoms with Crippen LogP contribution in [0.1, 0.15) is 52.5 Å². The van der Waals surface area contributed by atoms with Crippen LogP contribution in [0.5, 0.6) is 0 Å². The van der Waals surface area contributed by atoms with Gasteiger partial charge in [0.05, 0.1) is 29.6 Å². The van der Waals surface area contributed by atoms with Crippen molar-refractivity contribution in [1.29, 1.82) is 0 Å². The number of rotatable bonds is 6. The number of ether oxygens (including phenoxy) is 1. The molecule has 1 saturated heterocycles. The highest BCUT2D eigenvalue weighted by molar-refractivity contribution is 6.02. The van der Waals surface area contributed by atoms with Crippen molar-refractivity contribution in [2.75, 3.05) is 36.0 Å². The molecule has 2 heterocycles. The predicted molar refractivity (Wildman–Crippen MR) is 125 cm³/mol. The number of carbonyl (C=O) groups excluding carboxylic acids is 2. The molecule has 9 nitrogen and oxygen atoms in total. The molecule has 178 valence electrons. The largest absolute Gasteiger partial charge is 0.446 e. The van der Waals surface area contributed by atoms with Gasteiger partial charge in [0.15, 0.2) is 0 Å². The molecular formula is C23H37N5O4. The molecule has 2 amide bonds. The molecule has 3 unspecified atom stereocenters. The van der Waals surface area contributed by atoms with Crippen LogP contribution in [0, 0.1) is 0 Å². The highest BCUT2D eigenvalue weighted by Crippen LogP contribution is 2.39. The van der Waals surface area contributed by atoms with Crippen molar-refractivity contribution in [1.82, 2.24) is 10.4 Å². The summed E-state index contributed by atoms with van der Waals surface area (Å²) in [4.78, 5) is 28.6. The Labute approximate surface area is 190 Å². The third kappa shape index (κ3) is 5.58. The van der Waals surface area contributed by atoms with E-state index in [9.17, 15) is 14.7 Å². The number of anilines is 2. The Bertz CT molecular complexity index is 831. The van der Waals surface area contributed by atoms with Crippen LogP contribution in [0.25, 0.3) is 0 Å². The molecule has 3 rings (SSSR count). The average molecular weight is 448 g/mol. The number of nitrogens with zero attached hydrogens (tertiary/aromatic N) is 3. The first-order valence-corrected chi connectivity index (χ1v) is 11.4. The van der Waals surface area contributed by atoms with Gasteiger partial charge in [-0.25, -0.2) is 9.80 Å². The van der Waals surface area contributed by atoms with Gasteiger partial charge >= 0.3 is 6.09 Å². The van der Waals surface area contributed by atoms with Gasteiger partial charge in [-0.2, -0.15) is 0 Å². The van der Waals surface area contributed by atoms with Crippen molar-refractivity contribution >= 4 is 23.4 Å². The molecule has 0 bridgehead atoms. The highest BCUT2D eigenvalue weighted by atomic mass is 16.6. The minimum atomic E-state index is -0.424. The first-order chi connectivity index (χ1) is 15.1. The normalized spacial score (nSPS) is 23.2. The van der Waals surface area contributed by atoms with E-state index in [1.165, 1.54) is 0 Å². The van der Waals surface area contributed by atoms with Crippen LogP contribution in [-0.2, 0) is 9.53 Å². The Hall–Kier alpha value is -2.20. The van der Waals surface area contributed by atoms with Gasteiger partial charge in [-0.3, -0.25) is 15.1 Å². The van der Waals surface area contributed by atoms with Gasteiger partial charge in [0.1, 0.15) is 0 Å². The summed E-state index contributed by atoms with van der Waals surface area (Å²) < 4.78 is 5.48. The summed E-state index contributed by atoms with van der Waals surface area (Å²) in [6.07, 6.45) is -0.502. The summed E-state index contributed by atoms with van der Waals surface area (Å²) in [5.74, 6) is 0.163. The average Bonchev–Trinajstić information content (AvgIpc) is 3.13. The van der Waals surface area contributed by atoms with E-state index in [-0.39, 0.29) is 30.0 Å². The summed E-state index contributed by atoms with van der Waals surface area (Å²) in [6, 6.07) is 5.70. The molecule has 0 saturated carbocycles. The van der Waals surface area contributed by atoms with Gasteiger partial charge in [0, 0.05) is 45.1 Å². The van der Waals surface area contributed by atoms with Crippen molar-refractivity contribution in [3.63, 3.8) is 0 Å². The van der Waals surface area contributed by atoms with E-state index in [0.29, 0.717) is 25.2 Å². The first kappa shape index (κ1) is 24.4. The lowest BCUT2D eigenvalue weighted by Crippen LogP contribution is -2.51. The van der Waals surface area contributed by atoms with Crippen LogP contribution in [-0.4, -0.2) is 72.6 Å². The number of aliphatic hydroxyl groups excluding tert-OH is 1. The molecule has 1 fully saturated rings. The first-order valence-electron chi connectivity index (χ1n) is 11.4. The number of carbonyl (C=O) groups is 2. The van der Waals surface area contributed by atoms with E-state index in [0.717, 1.165) is 24.3 Å². The topological polar surface area (TPSA) is 111 Å². The number of amides is 2. The number of hydrazine groups is 1. The van der Waals surface area contributed by atoms with Crippen LogP contribution in [0.2, 0.25) is 0 Å². The van der Waals surface area contributed by atoms with Crippen LogP contribution in [0.15, 0.2) is 18.2 Å². The lowest BCUT2D eigenvalue weighted by Gasteiger charge is -2.40. The van der Waals surface area contributed by atoms with Crippen molar-refractivity contribution in [3.8, 4) is 0 Å². The van der Waals surface area contributed by atoms with Crippen molar-refractivity contribution in [3.05, 3.63) is 23.8 Å². The van der Waals surface area contributed by atoms with Crippen LogP contribution < -0.4 is 21.0 Å². The van der Waals surface area contributed by atoms with Crippen LogP contribution in [0.3, 0.4) is 0 Å². The highest BCUT2D eigenvalue weighted by Gasteiger charge is 2.36. The van der Waals surface area contributed by atoms with Gasteiger partial charge in [0.2, 0.25) is 5.91 Å². The fourth-order valence-electron chi connectivity index (χ4n) is 4.61. The van der Waals surface area contributed by atoms with Crippen molar-refractivity contribution in [2.45, 2.75) is 71.2 Å². The summed E-state index contributed by atoms with van der Waals surface area (Å²) >= 11 is 0. The molecule has 0 spiro atoms. The second kappa shape index (κ2) is 10.2. The second-order valence-corrected chi connectivity index (χ2v) is 9.34. The summed E-state index contributed by atoms with van der Waals surface area (Å²) in [5, 5.41) is 11.6. The fraction of sp³-hybridized carbons (Fsp3) is 0.652. The molecule has 0 radical (unpaired) electrons. The third-order valence-corrected chi connectivity index (χ3v) is 5.91. The molecule has 32 heavy (non-hydrogen) atoms. The van der Waals surface area contributed by atoms with Gasteiger partial charge in [-0.05, 0) is 51.8 Å². The zero-order chi connectivity index (χ0) is 23.6. The molecular weight excluding hydrogens is 410 g/mol. The lowest BCUT2D eigenvalue weighted by atomic mass is 9.96. The predicted octanol–water partition coefficient (Wildman–Crippen LogP) is 1.80. The number of hydrogen-bond donors (Lipinski definition) is 3. The number of nitrogens with two attached hydrogens (primary N) is 1. The molecule has 4 atom stereocenters.